The number of hydrogen-bond donors (Lipinski definition) is 1. The van der Waals surface area contributed by atoms with E-state index in [2.05, 4.69) is 15.3 Å². The van der Waals surface area contributed by atoms with Gasteiger partial charge in [-0.25, -0.2) is 4.39 Å². The van der Waals surface area contributed by atoms with Gasteiger partial charge >= 0.3 is 0 Å². The summed E-state index contributed by atoms with van der Waals surface area (Å²) in [6.07, 6.45) is 5.18. The minimum atomic E-state index is -0.270. The van der Waals surface area contributed by atoms with Crippen molar-refractivity contribution in [2.24, 2.45) is 0 Å². The lowest BCUT2D eigenvalue weighted by atomic mass is 10.0. The molecule has 29 heavy (non-hydrogen) atoms. The van der Waals surface area contributed by atoms with Crippen molar-refractivity contribution in [3.8, 4) is 22.4 Å². The molecule has 5 heteroatoms. The number of rotatable bonds is 5. The second-order valence-electron chi connectivity index (χ2n) is 6.55. The first-order valence-electron chi connectivity index (χ1n) is 9.18. The third kappa shape index (κ3) is 4.52. The van der Waals surface area contributed by atoms with Gasteiger partial charge in [0.15, 0.2) is 0 Å². The molecule has 1 N–H and O–H groups in total. The van der Waals surface area contributed by atoms with E-state index in [1.54, 1.807) is 42.9 Å². The van der Waals surface area contributed by atoms with Crippen LogP contribution in [0.25, 0.3) is 22.4 Å². The average Bonchev–Trinajstić information content (AvgIpc) is 2.79. The number of carbonyl (C=O) groups excluding carboxylic acids is 1. The Balaban J connectivity index is 1.42. The molecule has 0 aliphatic carbocycles. The Morgan fingerprint density at radius 2 is 1.45 bits per heavy atom. The van der Waals surface area contributed by atoms with E-state index < -0.39 is 0 Å². The zero-order chi connectivity index (χ0) is 20.1. The fourth-order valence-corrected chi connectivity index (χ4v) is 3.01. The fraction of sp³-hybridized carbons (Fsp3) is 0.0417. The number of nitrogens with zero attached hydrogens (tertiary/aromatic N) is 2. The Morgan fingerprint density at radius 1 is 0.793 bits per heavy atom. The Morgan fingerprint density at radius 3 is 2.14 bits per heavy atom. The molecule has 0 atom stereocenters. The highest BCUT2D eigenvalue weighted by atomic mass is 19.1. The van der Waals surface area contributed by atoms with Crippen LogP contribution in [0.15, 0.2) is 91.4 Å². The van der Waals surface area contributed by atoms with Gasteiger partial charge in [0.05, 0.1) is 5.69 Å². The number of benzene rings is 2. The molecule has 4 rings (SSSR count). The zero-order valence-corrected chi connectivity index (χ0v) is 15.5. The van der Waals surface area contributed by atoms with E-state index in [9.17, 15) is 9.18 Å². The van der Waals surface area contributed by atoms with Gasteiger partial charge in [-0.1, -0.05) is 24.3 Å². The first-order chi connectivity index (χ1) is 14.2. The molecule has 0 radical (unpaired) electrons. The van der Waals surface area contributed by atoms with E-state index in [0.29, 0.717) is 12.1 Å². The third-order valence-corrected chi connectivity index (χ3v) is 4.58. The van der Waals surface area contributed by atoms with Crippen molar-refractivity contribution in [3.05, 3.63) is 108 Å². The van der Waals surface area contributed by atoms with Crippen molar-refractivity contribution in [2.75, 3.05) is 0 Å². The third-order valence-electron chi connectivity index (χ3n) is 4.58. The number of halogens is 1. The Labute approximate surface area is 168 Å². The Hall–Kier alpha value is -3.86. The topological polar surface area (TPSA) is 54.9 Å². The van der Waals surface area contributed by atoms with Crippen LogP contribution in [-0.2, 0) is 6.54 Å². The number of pyridine rings is 2. The van der Waals surface area contributed by atoms with Crippen LogP contribution in [0.2, 0.25) is 0 Å². The zero-order valence-electron chi connectivity index (χ0n) is 15.5. The summed E-state index contributed by atoms with van der Waals surface area (Å²) < 4.78 is 13.1. The van der Waals surface area contributed by atoms with Crippen LogP contribution in [0.3, 0.4) is 0 Å². The van der Waals surface area contributed by atoms with Gasteiger partial charge in [0.1, 0.15) is 5.82 Å². The quantitative estimate of drug-likeness (QED) is 0.534. The van der Waals surface area contributed by atoms with Gasteiger partial charge in [-0.3, -0.25) is 14.8 Å². The number of hydrogen-bond acceptors (Lipinski definition) is 3. The van der Waals surface area contributed by atoms with Gasteiger partial charge in [-0.05, 0) is 65.2 Å². The monoisotopic (exact) mass is 383 g/mol. The van der Waals surface area contributed by atoms with Crippen LogP contribution in [-0.4, -0.2) is 15.9 Å². The van der Waals surface area contributed by atoms with E-state index in [4.69, 9.17) is 0 Å². The molecular weight excluding hydrogens is 365 g/mol. The second-order valence-corrected chi connectivity index (χ2v) is 6.55. The van der Waals surface area contributed by atoms with Crippen molar-refractivity contribution in [2.45, 2.75) is 6.54 Å². The fourth-order valence-electron chi connectivity index (χ4n) is 3.01. The summed E-state index contributed by atoms with van der Waals surface area (Å²) in [5, 5.41) is 2.93. The lowest BCUT2D eigenvalue weighted by Gasteiger charge is -2.08. The molecule has 1 amide bonds. The molecule has 0 saturated carbocycles. The van der Waals surface area contributed by atoms with Gasteiger partial charge in [-0.15, -0.1) is 0 Å². The summed E-state index contributed by atoms with van der Waals surface area (Å²) in [7, 11) is 0. The molecule has 4 nitrogen and oxygen atoms in total. The second kappa shape index (κ2) is 8.44. The number of aromatic nitrogens is 2. The molecular formula is C24H18FN3O. The minimum absolute atomic E-state index is 0.155. The SMILES string of the molecule is O=C(NCc1ccnc(-c2ccncc2)c1)c1ccc(-c2ccc(F)cc2)cc1. The van der Waals surface area contributed by atoms with Crippen LogP contribution in [0, 0.1) is 5.82 Å². The summed E-state index contributed by atoms with van der Waals surface area (Å²) >= 11 is 0. The Bertz CT molecular complexity index is 1110. The smallest absolute Gasteiger partial charge is 0.251 e. The number of amides is 1. The summed E-state index contributed by atoms with van der Waals surface area (Å²) in [4.78, 5) is 20.9. The molecule has 4 aromatic rings. The van der Waals surface area contributed by atoms with E-state index in [-0.39, 0.29) is 11.7 Å². The number of carbonyl (C=O) groups is 1. The van der Waals surface area contributed by atoms with Crippen molar-refractivity contribution < 1.29 is 9.18 Å². The predicted molar refractivity (Wildman–Crippen MR) is 110 cm³/mol. The van der Waals surface area contributed by atoms with Crippen LogP contribution < -0.4 is 5.32 Å². The molecule has 142 valence electrons. The first-order valence-corrected chi connectivity index (χ1v) is 9.18. The van der Waals surface area contributed by atoms with Crippen molar-refractivity contribution in [3.63, 3.8) is 0 Å². The van der Waals surface area contributed by atoms with E-state index in [1.807, 2.05) is 36.4 Å². The van der Waals surface area contributed by atoms with Crippen LogP contribution >= 0.6 is 0 Å². The van der Waals surface area contributed by atoms with E-state index in [0.717, 1.165) is 27.9 Å². The normalized spacial score (nSPS) is 10.5. The molecule has 0 aliphatic heterocycles. The standard InChI is InChI=1S/C24H18FN3O/c25-22-7-5-19(6-8-22)18-1-3-21(4-2-18)24(29)28-16-17-9-14-27-23(15-17)20-10-12-26-13-11-20/h1-15H,16H2,(H,28,29). The molecule has 0 spiro atoms. The maximum atomic E-state index is 13.1. The van der Waals surface area contributed by atoms with E-state index in [1.165, 1.54) is 12.1 Å². The van der Waals surface area contributed by atoms with Crippen molar-refractivity contribution in [1.82, 2.24) is 15.3 Å². The summed E-state index contributed by atoms with van der Waals surface area (Å²) in [5.74, 6) is -0.425. The molecule has 0 unspecified atom stereocenters. The summed E-state index contributed by atoms with van der Waals surface area (Å²) in [6.45, 7) is 0.402. The van der Waals surface area contributed by atoms with Gasteiger partial charge in [-0.2, -0.15) is 0 Å². The van der Waals surface area contributed by atoms with Gasteiger partial charge in [0, 0.05) is 36.3 Å². The Kier molecular flexibility index (Phi) is 5.38. The number of nitrogens with one attached hydrogen (secondary N) is 1. The van der Waals surface area contributed by atoms with Gasteiger partial charge < -0.3 is 5.32 Å². The van der Waals surface area contributed by atoms with Crippen LogP contribution in [0.4, 0.5) is 4.39 Å². The largest absolute Gasteiger partial charge is 0.348 e. The maximum absolute atomic E-state index is 13.1. The van der Waals surface area contributed by atoms with Crippen LogP contribution in [0.1, 0.15) is 15.9 Å². The lowest BCUT2D eigenvalue weighted by molar-refractivity contribution is 0.0951. The van der Waals surface area contributed by atoms with Gasteiger partial charge in [0.2, 0.25) is 0 Å². The van der Waals surface area contributed by atoms with Crippen molar-refractivity contribution in [1.29, 1.82) is 0 Å². The molecule has 0 saturated heterocycles. The van der Waals surface area contributed by atoms with Crippen molar-refractivity contribution >= 4 is 5.91 Å². The predicted octanol–water partition coefficient (Wildman–Crippen LogP) is 4.88. The lowest BCUT2D eigenvalue weighted by Crippen LogP contribution is -2.22. The molecule has 0 bridgehead atoms. The summed E-state index contributed by atoms with van der Waals surface area (Å²) in [5.41, 5.74) is 5.17. The van der Waals surface area contributed by atoms with Gasteiger partial charge in [0.25, 0.3) is 5.91 Å². The van der Waals surface area contributed by atoms with E-state index >= 15 is 0 Å². The molecule has 0 aliphatic rings. The highest BCUT2D eigenvalue weighted by Crippen LogP contribution is 2.20. The molecule has 2 aromatic carbocycles. The average molecular weight is 383 g/mol. The highest BCUT2D eigenvalue weighted by Gasteiger charge is 2.07. The highest BCUT2D eigenvalue weighted by molar-refractivity contribution is 5.94. The summed E-state index contributed by atoms with van der Waals surface area (Å²) in [6, 6.07) is 21.1. The van der Waals surface area contributed by atoms with Crippen LogP contribution in [0.5, 0.6) is 0 Å². The maximum Gasteiger partial charge on any atom is 0.251 e. The first kappa shape index (κ1) is 18.5. The molecule has 0 fully saturated rings. The molecule has 2 heterocycles. The molecule has 2 aromatic heterocycles. The minimum Gasteiger partial charge on any atom is -0.348 e.